The number of hydrogen-bond acceptors (Lipinski definition) is 4. The Morgan fingerprint density at radius 1 is 1.25 bits per heavy atom. The molecule has 0 saturated heterocycles. The van der Waals surface area contributed by atoms with Gasteiger partial charge in [-0.25, -0.2) is 0 Å². The van der Waals surface area contributed by atoms with Gasteiger partial charge in [0.1, 0.15) is 5.75 Å². The van der Waals surface area contributed by atoms with Gasteiger partial charge >= 0.3 is 0 Å². The van der Waals surface area contributed by atoms with E-state index in [0.29, 0.717) is 22.9 Å². The largest absolute Gasteiger partial charge is 0.493 e. The summed E-state index contributed by atoms with van der Waals surface area (Å²) in [6, 6.07) is 7.30. The Hall–Kier alpha value is -2.34. The van der Waals surface area contributed by atoms with Gasteiger partial charge in [-0.1, -0.05) is 31.4 Å². The molecule has 0 atom stereocenters. The number of non-ortho nitro benzene ring substituents is 1. The minimum Gasteiger partial charge on any atom is -0.493 e. The number of nitrogens with zero attached hydrogens (tertiary/aromatic N) is 2. The van der Waals surface area contributed by atoms with Crippen LogP contribution in [0.5, 0.6) is 5.75 Å². The van der Waals surface area contributed by atoms with Crippen LogP contribution >= 0.6 is 11.6 Å². The lowest BCUT2D eigenvalue weighted by Crippen LogP contribution is -2.19. The molecular weight excluding hydrogens is 332 g/mol. The standard InChI is InChI=1S/C17H19ClN2O4/c1-2-3-4-9-24-15-7-8-19(17(21)11-15)12-13-10-14(20(22)23)5-6-16(13)18/h5-8,10-11H,2-4,9,12H2,1H3. The molecule has 0 aliphatic carbocycles. The Labute approximate surface area is 144 Å². The first-order valence-corrected chi connectivity index (χ1v) is 8.15. The summed E-state index contributed by atoms with van der Waals surface area (Å²) >= 11 is 6.07. The highest BCUT2D eigenvalue weighted by molar-refractivity contribution is 6.31. The van der Waals surface area contributed by atoms with Gasteiger partial charge in [-0.05, 0) is 24.1 Å². The number of nitro groups is 1. The van der Waals surface area contributed by atoms with Crippen molar-refractivity contribution in [2.24, 2.45) is 0 Å². The quantitative estimate of drug-likeness (QED) is 0.409. The molecule has 2 aromatic rings. The third-order valence-corrected chi connectivity index (χ3v) is 3.93. The molecule has 0 bridgehead atoms. The van der Waals surface area contributed by atoms with Gasteiger partial charge < -0.3 is 9.30 Å². The maximum atomic E-state index is 12.2. The molecule has 0 aliphatic heterocycles. The lowest BCUT2D eigenvalue weighted by atomic mass is 10.2. The fourth-order valence-electron chi connectivity index (χ4n) is 2.23. The van der Waals surface area contributed by atoms with Crippen LogP contribution < -0.4 is 10.3 Å². The molecule has 1 heterocycles. The predicted molar refractivity (Wildman–Crippen MR) is 92.9 cm³/mol. The molecule has 0 fully saturated rings. The van der Waals surface area contributed by atoms with Crippen LogP contribution in [0.25, 0.3) is 0 Å². The average molecular weight is 351 g/mol. The van der Waals surface area contributed by atoms with E-state index in [0.717, 1.165) is 19.3 Å². The Balaban J connectivity index is 2.12. The molecule has 7 heteroatoms. The molecule has 0 unspecified atom stereocenters. The van der Waals surface area contributed by atoms with Crippen molar-refractivity contribution >= 4 is 17.3 Å². The number of halogens is 1. The summed E-state index contributed by atoms with van der Waals surface area (Å²) in [7, 11) is 0. The van der Waals surface area contributed by atoms with Crippen molar-refractivity contribution in [3.63, 3.8) is 0 Å². The number of nitro benzene ring substituents is 1. The molecule has 6 nitrogen and oxygen atoms in total. The molecule has 0 amide bonds. The smallest absolute Gasteiger partial charge is 0.269 e. The van der Waals surface area contributed by atoms with Gasteiger partial charge in [0.05, 0.1) is 18.1 Å². The molecule has 0 N–H and O–H groups in total. The Morgan fingerprint density at radius 3 is 2.71 bits per heavy atom. The summed E-state index contributed by atoms with van der Waals surface area (Å²) in [5.41, 5.74) is 0.216. The fraction of sp³-hybridized carbons (Fsp3) is 0.353. The van der Waals surface area contributed by atoms with Crippen molar-refractivity contribution in [2.75, 3.05) is 6.61 Å². The molecule has 0 aliphatic rings. The summed E-state index contributed by atoms with van der Waals surface area (Å²) < 4.78 is 6.97. The topological polar surface area (TPSA) is 74.4 Å². The second-order valence-corrected chi connectivity index (χ2v) is 5.82. The molecule has 128 valence electrons. The zero-order chi connectivity index (χ0) is 17.5. The Morgan fingerprint density at radius 2 is 2.04 bits per heavy atom. The number of rotatable bonds is 8. The molecule has 1 aromatic heterocycles. The van der Waals surface area contributed by atoms with Crippen molar-refractivity contribution in [3.05, 3.63) is 67.6 Å². The van der Waals surface area contributed by atoms with Crippen LogP contribution in [-0.2, 0) is 6.54 Å². The Bertz CT molecular complexity index is 773. The molecule has 2 rings (SSSR count). The molecule has 0 radical (unpaired) electrons. The van der Waals surface area contributed by atoms with E-state index in [1.807, 2.05) is 0 Å². The van der Waals surface area contributed by atoms with E-state index < -0.39 is 4.92 Å². The number of pyridine rings is 1. The highest BCUT2D eigenvalue weighted by Crippen LogP contribution is 2.22. The van der Waals surface area contributed by atoms with Crippen molar-refractivity contribution < 1.29 is 9.66 Å². The Kier molecular flexibility index (Phi) is 6.37. The average Bonchev–Trinajstić information content (AvgIpc) is 2.55. The highest BCUT2D eigenvalue weighted by Gasteiger charge is 2.11. The van der Waals surface area contributed by atoms with E-state index in [2.05, 4.69) is 6.92 Å². The van der Waals surface area contributed by atoms with Crippen LogP contribution in [0, 0.1) is 10.1 Å². The normalized spacial score (nSPS) is 10.6. The van der Waals surface area contributed by atoms with Gasteiger partial charge in [0, 0.05) is 29.4 Å². The van der Waals surface area contributed by atoms with E-state index in [1.54, 1.807) is 12.3 Å². The van der Waals surface area contributed by atoms with Gasteiger partial charge in [0.2, 0.25) is 0 Å². The van der Waals surface area contributed by atoms with E-state index in [4.69, 9.17) is 16.3 Å². The summed E-state index contributed by atoms with van der Waals surface area (Å²) in [5, 5.41) is 11.2. The zero-order valence-electron chi connectivity index (χ0n) is 13.4. The van der Waals surface area contributed by atoms with Crippen molar-refractivity contribution in [1.82, 2.24) is 4.57 Å². The lowest BCUT2D eigenvalue weighted by Gasteiger charge is -2.10. The number of ether oxygens (including phenoxy) is 1. The minimum absolute atomic E-state index is 0.0571. The third kappa shape index (κ3) is 4.83. The van der Waals surface area contributed by atoms with Gasteiger partial charge in [0.15, 0.2) is 0 Å². The highest BCUT2D eigenvalue weighted by atomic mass is 35.5. The first-order chi connectivity index (χ1) is 11.5. The van der Waals surface area contributed by atoms with Gasteiger partial charge in [-0.15, -0.1) is 0 Å². The van der Waals surface area contributed by atoms with E-state index in [9.17, 15) is 14.9 Å². The first kappa shape index (κ1) is 18.0. The van der Waals surface area contributed by atoms with E-state index in [1.165, 1.54) is 28.8 Å². The maximum absolute atomic E-state index is 12.2. The van der Waals surface area contributed by atoms with Crippen molar-refractivity contribution in [3.8, 4) is 5.75 Å². The summed E-state index contributed by atoms with van der Waals surface area (Å²) in [6.45, 7) is 2.85. The lowest BCUT2D eigenvalue weighted by molar-refractivity contribution is -0.384. The van der Waals surface area contributed by atoms with Crippen LogP contribution in [0.1, 0.15) is 31.7 Å². The van der Waals surface area contributed by atoms with E-state index in [-0.39, 0.29) is 17.8 Å². The summed E-state index contributed by atoms with van der Waals surface area (Å²) in [6.07, 6.45) is 4.74. The molecule has 0 saturated carbocycles. The summed E-state index contributed by atoms with van der Waals surface area (Å²) in [4.78, 5) is 22.5. The van der Waals surface area contributed by atoms with Crippen LogP contribution in [0.4, 0.5) is 5.69 Å². The third-order valence-electron chi connectivity index (χ3n) is 3.56. The van der Waals surface area contributed by atoms with Gasteiger partial charge in [-0.2, -0.15) is 0 Å². The minimum atomic E-state index is -0.490. The van der Waals surface area contributed by atoms with Crippen molar-refractivity contribution in [1.29, 1.82) is 0 Å². The van der Waals surface area contributed by atoms with Crippen molar-refractivity contribution in [2.45, 2.75) is 32.7 Å². The number of unbranched alkanes of at least 4 members (excludes halogenated alkanes) is 2. The number of benzene rings is 1. The first-order valence-electron chi connectivity index (χ1n) is 7.77. The van der Waals surface area contributed by atoms with Gasteiger partial charge in [-0.3, -0.25) is 14.9 Å². The molecule has 1 aromatic carbocycles. The van der Waals surface area contributed by atoms with Gasteiger partial charge in [0.25, 0.3) is 11.2 Å². The summed E-state index contributed by atoms with van der Waals surface area (Å²) in [5.74, 6) is 0.525. The number of hydrogen-bond donors (Lipinski definition) is 0. The second-order valence-electron chi connectivity index (χ2n) is 5.42. The van der Waals surface area contributed by atoms with E-state index >= 15 is 0 Å². The second kappa shape index (κ2) is 8.49. The van der Waals surface area contributed by atoms with Crippen LogP contribution in [0.15, 0.2) is 41.3 Å². The monoisotopic (exact) mass is 350 g/mol. The molecule has 0 spiro atoms. The predicted octanol–water partition coefficient (Wildman–Crippen LogP) is 4.03. The fourth-order valence-corrected chi connectivity index (χ4v) is 2.41. The molecular formula is C17H19ClN2O4. The van der Waals surface area contributed by atoms with Crippen LogP contribution in [0.3, 0.4) is 0 Å². The molecule has 24 heavy (non-hydrogen) atoms. The maximum Gasteiger partial charge on any atom is 0.269 e. The van der Waals surface area contributed by atoms with Crippen LogP contribution in [-0.4, -0.2) is 16.1 Å². The zero-order valence-corrected chi connectivity index (χ0v) is 14.2. The van der Waals surface area contributed by atoms with Crippen LogP contribution in [0.2, 0.25) is 5.02 Å². The number of aromatic nitrogens is 1. The SMILES string of the molecule is CCCCCOc1ccn(Cc2cc([N+](=O)[O-])ccc2Cl)c(=O)c1.